The normalized spacial score (nSPS) is 13.8. The lowest BCUT2D eigenvalue weighted by Crippen LogP contribution is -2.46. The van der Waals surface area contributed by atoms with Crippen molar-refractivity contribution in [2.45, 2.75) is 347 Å². The van der Waals surface area contributed by atoms with E-state index in [2.05, 4.69) is 19.2 Å². The molecule has 0 aromatic carbocycles. The first kappa shape index (κ1) is 69.5. The van der Waals surface area contributed by atoms with Crippen LogP contribution in [0.1, 0.15) is 335 Å². The molecule has 8 nitrogen and oxygen atoms in total. The van der Waals surface area contributed by atoms with Crippen molar-refractivity contribution in [1.29, 1.82) is 0 Å². The highest BCUT2D eigenvalue weighted by Crippen LogP contribution is 2.43. The standard InChI is InChI=1S/C61H125N2O6P/c1-6-8-10-12-14-16-18-20-22-23-24-25-26-27-28-29-30-31-32-33-34-35-36-37-38-39-41-43-45-47-49-51-53-55-61(65)62-59(58-69-70(66,67)68-57-56-63(3,4)5)60(64)54-52-50-48-46-44-42-40-21-19-17-15-13-11-9-7-2/h59-60,64H,6-58H2,1-5H3,(H-,62,65,66,67)/p+1/t59-,60+/m0/s1. The van der Waals surface area contributed by atoms with Crippen LogP contribution in [0.2, 0.25) is 0 Å². The number of phosphoric acid groups is 1. The summed E-state index contributed by atoms with van der Waals surface area (Å²) in [6, 6.07) is -0.755. The zero-order valence-electron chi connectivity index (χ0n) is 48.1. The second-order valence-corrected chi connectivity index (χ2v) is 24.6. The van der Waals surface area contributed by atoms with Crippen molar-refractivity contribution in [2.75, 3.05) is 40.9 Å². The summed E-state index contributed by atoms with van der Waals surface area (Å²) in [6.45, 7) is 4.94. The van der Waals surface area contributed by atoms with Crippen molar-refractivity contribution in [3.63, 3.8) is 0 Å². The number of likely N-dealkylation sites (N-methyl/N-ethyl adjacent to an activating group) is 1. The largest absolute Gasteiger partial charge is 0.472 e. The lowest BCUT2D eigenvalue weighted by atomic mass is 10.0. The average molecular weight is 1010 g/mol. The molecule has 0 spiro atoms. The summed E-state index contributed by atoms with van der Waals surface area (Å²) in [4.78, 5) is 23.3. The number of nitrogens with one attached hydrogen (secondary N) is 1. The molecule has 0 aliphatic carbocycles. The quantitative estimate of drug-likeness (QED) is 0.0318. The van der Waals surface area contributed by atoms with Crippen LogP contribution < -0.4 is 5.32 Å². The number of unbranched alkanes of at least 4 members (excludes halogenated alkanes) is 46. The number of hydrogen-bond donors (Lipinski definition) is 3. The molecule has 1 amide bonds. The Kier molecular flexibility index (Phi) is 52.9. The lowest BCUT2D eigenvalue weighted by molar-refractivity contribution is -0.870. The van der Waals surface area contributed by atoms with Crippen molar-refractivity contribution < 1.29 is 32.9 Å². The number of aliphatic hydroxyl groups excluding tert-OH is 1. The maximum Gasteiger partial charge on any atom is 0.472 e. The maximum atomic E-state index is 13.0. The summed E-state index contributed by atoms with van der Waals surface area (Å²) in [5.74, 6) is -0.136. The first-order valence-electron chi connectivity index (χ1n) is 31.4. The number of carbonyl (C=O) groups is 1. The molecular formula is C61H126N2O6P+. The molecule has 0 aliphatic heterocycles. The van der Waals surface area contributed by atoms with Gasteiger partial charge in [-0.05, 0) is 12.8 Å². The molecule has 420 valence electrons. The van der Waals surface area contributed by atoms with Crippen LogP contribution in [-0.4, -0.2) is 73.4 Å². The molecule has 0 saturated heterocycles. The van der Waals surface area contributed by atoms with Crippen LogP contribution in [0.5, 0.6) is 0 Å². The molecule has 0 heterocycles. The number of rotatable bonds is 59. The van der Waals surface area contributed by atoms with Crippen molar-refractivity contribution in [2.24, 2.45) is 0 Å². The molecule has 70 heavy (non-hydrogen) atoms. The van der Waals surface area contributed by atoms with E-state index in [9.17, 15) is 19.4 Å². The number of phosphoric ester groups is 1. The topological polar surface area (TPSA) is 105 Å². The summed E-state index contributed by atoms with van der Waals surface area (Å²) in [6.07, 6.45) is 64.8. The van der Waals surface area contributed by atoms with Gasteiger partial charge in [0.05, 0.1) is 39.9 Å². The number of quaternary nitrogens is 1. The Labute approximate surface area is 438 Å². The van der Waals surface area contributed by atoms with Crippen LogP contribution >= 0.6 is 7.82 Å². The van der Waals surface area contributed by atoms with E-state index in [4.69, 9.17) is 9.05 Å². The molecule has 0 radical (unpaired) electrons. The third-order valence-electron chi connectivity index (χ3n) is 14.9. The molecular weight excluding hydrogens is 888 g/mol. The number of hydrogen-bond acceptors (Lipinski definition) is 5. The molecule has 9 heteroatoms. The third-order valence-corrected chi connectivity index (χ3v) is 15.8. The van der Waals surface area contributed by atoms with Crippen molar-refractivity contribution in [1.82, 2.24) is 5.32 Å². The Balaban J connectivity index is 3.92. The van der Waals surface area contributed by atoms with Gasteiger partial charge in [-0.3, -0.25) is 13.8 Å². The molecule has 1 unspecified atom stereocenters. The molecule has 3 N–H and O–H groups in total. The van der Waals surface area contributed by atoms with Gasteiger partial charge < -0.3 is 19.8 Å². The van der Waals surface area contributed by atoms with E-state index in [1.165, 1.54) is 270 Å². The summed E-state index contributed by atoms with van der Waals surface area (Å²) in [7, 11) is 1.64. The highest BCUT2D eigenvalue weighted by molar-refractivity contribution is 7.47. The SMILES string of the molecule is CCCCCCCCCCCCCCCCCCCCCCCCCCCCCCCCCCCC(=O)N[C@@H](COP(=O)(O)OCC[N+](C)(C)C)[C@H](O)CCCCCCCCCCCCCCCCC. The molecule has 0 bridgehead atoms. The molecule has 0 aromatic heterocycles. The van der Waals surface area contributed by atoms with E-state index >= 15 is 0 Å². The molecule has 0 saturated carbocycles. The Morgan fingerprint density at radius 2 is 0.686 bits per heavy atom. The van der Waals surface area contributed by atoms with Crippen LogP contribution in [-0.2, 0) is 18.4 Å². The maximum absolute atomic E-state index is 13.0. The zero-order chi connectivity index (χ0) is 51.3. The van der Waals surface area contributed by atoms with Gasteiger partial charge in [-0.25, -0.2) is 4.57 Å². The number of aliphatic hydroxyl groups is 1. The van der Waals surface area contributed by atoms with E-state index in [0.29, 0.717) is 23.9 Å². The average Bonchev–Trinajstić information content (AvgIpc) is 3.32. The van der Waals surface area contributed by atoms with E-state index in [0.717, 1.165) is 38.5 Å². The van der Waals surface area contributed by atoms with Gasteiger partial charge in [0.2, 0.25) is 5.91 Å². The summed E-state index contributed by atoms with van der Waals surface area (Å²) in [5, 5.41) is 14.1. The van der Waals surface area contributed by atoms with Gasteiger partial charge in [-0.2, -0.15) is 0 Å². The van der Waals surface area contributed by atoms with Crippen LogP contribution in [0.3, 0.4) is 0 Å². The third kappa shape index (κ3) is 55.3. The van der Waals surface area contributed by atoms with Gasteiger partial charge in [-0.1, -0.05) is 316 Å². The van der Waals surface area contributed by atoms with Gasteiger partial charge in [0.25, 0.3) is 0 Å². The zero-order valence-corrected chi connectivity index (χ0v) is 48.9. The molecule has 0 fully saturated rings. The summed E-state index contributed by atoms with van der Waals surface area (Å²) < 4.78 is 23.8. The Hall–Kier alpha value is -0.500. The van der Waals surface area contributed by atoms with E-state index < -0.39 is 20.0 Å². The van der Waals surface area contributed by atoms with Crippen LogP contribution in [0, 0.1) is 0 Å². The number of amides is 1. The molecule has 0 rings (SSSR count). The first-order valence-corrected chi connectivity index (χ1v) is 32.9. The monoisotopic (exact) mass is 1010 g/mol. The Bertz CT molecular complexity index is 1100. The predicted molar refractivity (Wildman–Crippen MR) is 305 cm³/mol. The van der Waals surface area contributed by atoms with E-state index in [1.54, 1.807) is 0 Å². The highest BCUT2D eigenvalue weighted by atomic mass is 31.2. The smallest absolute Gasteiger partial charge is 0.391 e. The highest BCUT2D eigenvalue weighted by Gasteiger charge is 2.28. The molecule has 0 aromatic rings. The second kappa shape index (κ2) is 53.3. The summed E-state index contributed by atoms with van der Waals surface area (Å²) >= 11 is 0. The van der Waals surface area contributed by atoms with Crippen molar-refractivity contribution >= 4 is 13.7 Å². The van der Waals surface area contributed by atoms with E-state index in [-0.39, 0.29) is 19.1 Å². The molecule has 0 aliphatic rings. The number of nitrogens with zero attached hydrogens (tertiary/aromatic N) is 1. The van der Waals surface area contributed by atoms with Crippen molar-refractivity contribution in [3.8, 4) is 0 Å². The van der Waals surface area contributed by atoms with Gasteiger partial charge >= 0.3 is 7.82 Å². The van der Waals surface area contributed by atoms with Gasteiger partial charge in [0.15, 0.2) is 0 Å². The fourth-order valence-electron chi connectivity index (χ4n) is 9.93. The van der Waals surface area contributed by atoms with Gasteiger partial charge in [0, 0.05) is 6.42 Å². The minimum atomic E-state index is -4.32. The fourth-order valence-corrected chi connectivity index (χ4v) is 10.7. The van der Waals surface area contributed by atoms with Crippen LogP contribution in [0.4, 0.5) is 0 Å². The predicted octanol–water partition coefficient (Wildman–Crippen LogP) is 19.2. The van der Waals surface area contributed by atoms with Gasteiger partial charge in [0.1, 0.15) is 13.2 Å². The first-order chi connectivity index (χ1) is 34.0. The lowest BCUT2D eigenvalue weighted by Gasteiger charge is -2.26. The van der Waals surface area contributed by atoms with Crippen LogP contribution in [0.25, 0.3) is 0 Å². The minimum absolute atomic E-state index is 0.0791. The Morgan fingerprint density at radius 1 is 0.429 bits per heavy atom. The van der Waals surface area contributed by atoms with Crippen molar-refractivity contribution in [3.05, 3.63) is 0 Å². The Morgan fingerprint density at radius 3 is 0.957 bits per heavy atom. The fraction of sp³-hybridized carbons (Fsp3) is 0.984. The van der Waals surface area contributed by atoms with Gasteiger partial charge in [-0.15, -0.1) is 0 Å². The second-order valence-electron chi connectivity index (χ2n) is 23.2. The molecule has 3 atom stereocenters. The van der Waals surface area contributed by atoms with Crippen LogP contribution in [0.15, 0.2) is 0 Å². The summed E-state index contributed by atoms with van der Waals surface area (Å²) in [5.41, 5.74) is 0. The minimum Gasteiger partial charge on any atom is -0.391 e. The number of carbonyl (C=O) groups excluding carboxylic acids is 1. The van der Waals surface area contributed by atoms with E-state index in [1.807, 2.05) is 21.1 Å².